The van der Waals surface area contributed by atoms with Crippen LogP contribution in [0.1, 0.15) is 5.82 Å². The summed E-state index contributed by atoms with van der Waals surface area (Å²) in [5.74, 6) is 1.52. The Morgan fingerprint density at radius 1 is 0.889 bits per heavy atom. The first-order valence-corrected chi connectivity index (χ1v) is 8.91. The van der Waals surface area contributed by atoms with Gasteiger partial charge >= 0.3 is 0 Å². The Kier molecular flexibility index (Phi) is 5.01. The van der Waals surface area contributed by atoms with Crippen LogP contribution in [0, 0.1) is 5.82 Å². The van der Waals surface area contributed by atoms with Crippen LogP contribution in [0.5, 0.6) is 5.75 Å². The van der Waals surface area contributed by atoms with E-state index in [2.05, 4.69) is 16.0 Å². The quantitative estimate of drug-likeness (QED) is 0.511. The maximum absolute atomic E-state index is 13.1. The molecule has 0 amide bonds. The number of nitrogens with one attached hydrogen (secondary N) is 1. The summed E-state index contributed by atoms with van der Waals surface area (Å²) in [6, 6.07) is 24.2. The lowest BCUT2D eigenvalue weighted by Crippen LogP contribution is -2.13. The second kappa shape index (κ2) is 7.91. The predicted molar refractivity (Wildman–Crippen MR) is 105 cm³/mol. The van der Waals surface area contributed by atoms with Crippen LogP contribution < -0.4 is 10.1 Å². The van der Waals surface area contributed by atoms with Crippen LogP contribution in [0.3, 0.4) is 0 Å². The van der Waals surface area contributed by atoms with Gasteiger partial charge in [-0.25, -0.2) is 9.37 Å². The fourth-order valence-corrected chi connectivity index (χ4v) is 3.03. The SMILES string of the molecule is Fc1ccc(NCc2nc3ccccc3n2CCOc2ccccc2)cc1. The lowest BCUT2D eigenvalue weighted by molar-refractivity contribution is 0.298. The van der Waals surface area contributed by atoms with Crippen molar-refractivity contribution < 1.29 is 9.13 Å². The van der Waals surface area contributed by atoms with Crippen LogP contribution in [0.15, 0.2) is 78.9 Å². The first-order chi connectivity index (χ1) is 13.3. The molecule has 4 aromatic rings. The third-order valence-corrected chi connectivity index (χ3v) is 4.36. The minimum absolute atomic E-state index is 0.245. The second-order valence-corrected chi connectivity index (χ2v) is 6.19. The van der Waals surface area contributed by atoms with E-state index in [0.717, 1.165) is 28.3 Å². The lowest BCUT2D eigenvalue weighted by Gasteiger charge is -2.12. The molecule has 0 spiro atoms. The molecule has 4 nitrogen and oxygen atoms in total. The van der Waals surface area contributed by atoms with Gasteiger partial charge < -0.3 is 14.6 Å². The number of rotatable bonds is 7. The number of fused-ring (bicyclic) bond motifs is 1. The first-order valence-electron chi connectivity index (χ1n) is 8.91. The summed E-state index contributed by atoms with van der Waals surface area (Å²) in [5, 5.41) is 3.31. The molecule has 0 atom stereocenters. The van der Waals surface area contributed by atoms with E-state index >= 15 is 0 Å². The standard InChI is InChI=1S/C22H20FN3O/c23-17-10-12-18(13-11-17)24-16-22-25-20-8-4-5-9-21(20)26(22)14-15-27-19-6-2-1-3-7-19/h1-13,24H,14-16H2. The van der Waals surface area contributed by atoms with E-state index < -0.39 is 0 Å². The molecule has 0 aliphatic heterocycles. The zero-order valence-corrected chi connectivity index (χ0v) is 14.8. The van der Waals surface area contributed by atoms with E-state index in [1.54, 1.807) is 12.1 Å². The topological polar surface area (TPSA) is 39.1 Å². The smallest absolute Gasteiger partial charge is 0.129 e. The summed E-state index contributed by atoms with van der Waals surface area (Å²) in [6.07, 6.45) is 0. The summed E-state index contributed by atoms with van der Waals surface area (Å²) in [4.78, 5) is 4.74. The van der Waals surface area contributed by atoms with Gasteiger partial charge in [0.1, 0.15) is 24.0 Å². The van der Waals surface area contributed by atoms with Gasteiger partial charge in [-0.15, -0.1) is 0 Å². The van der Waals surface area contributed by atoms with Crippen molar-refractivity contribution in [2.24, 2.45) is 0 Å². The Morgan fingerprint density at radius 2 is 1.63 bits per heavy atom. The van der Waals surface area contributed by atoms with Crippen LogP contribution >= 0.6 is 0 Å². The van der Waals surface area contributed by atoms with Gasteiger partial charge in [0.2, 0.25) is 0 Å². The Hall–Kier alpha value is -3.34. The third kappa shape index (κ3) is 4.08. The molecule has 0 saturated heterocycles. The van der Waals surface area contributed by atoms with Crippen molar-refractivity contribution in [3.63, 3.8) is 0 Å². The molecule has 0 saturated carbocycles. The zero-order chi connectivity index (χ0) is 18.5. The Morgan fingerprint density at radius 3 is 2.44 bits per heavy atom. The van der Waals surface area contributed by atoms with Crippen molar-refractivity contribution in [1.29, 1.82) is 0 Å². The number of imidazole rings is 1. The summed E-state index contributed by atoms with van der Waals surface area (Å²) in [5.41, 5.74) is 2.88. The lowest BCUT2D eigenvalue weighted by atomic mass is 10.3. The van der Waals surface area contributed by atoms with Crippen molar-refractivity contribution in [1.82, 2.24) is 9.55 Å². The fourth-order valence-electron chi connectivity index (χ4n) is 3.03. The summed E-state index contributed by atoms with van der Waals surface area (Å²) in [7, 11) is 0. The fraction of sp³-hybridized carbons (Fsp3) is 0.136. The highest BCUT2D eigenvalue weighted by Gasteiger charge is 2.10. The van der Waals surface area contributed by atoms with Gasteiger partial charge in [-0.2, -0.15) is 0 Å². The molecule has 0 aliphatic rings. The number of halogens is 1. The zero-order valence-electron chi connectivity index (χ0n) is 14.8. The Labute approximate surface area is 157 Å². The first kappa shape index (κ1) is 17.1. The van der Waals surface area contributed by atoms with E-state index in [-0.39, 0.29) is 5.82 Å². The van der Waals surface area contributed by atoms with Gasteiger partial charge in [-0.3, -0.25) is 0 Å². The van der Waals surface area contributed by atoms with Gasteiger partial charge in [0.05, 0.1) is 24.1 Å². The number of aromatic nitrogens is 2. The minimum Gasteiger partial charge on any atom is -0.492 e. The van der Waals surface area contributed by atoms with Gasteiger partial charge in [0.25, 0.3) is 0 Å². The van der Waals surface area contributed by atoms with Crippen molar-refractivity contribution in [3.05, 3.63) is 90.5 Å². The molecule has 136 valence electrons. The number of para-hydroxylation sites is 3. The van der Waals surface area contributed by atoms with E-state index in [1.807, 2.05) is 48.5 Å². The molecular formula is C22H20FN3O. The third-order valence-electron chi connectivity index (χ3n) is 4.36. The number of nitrogens with zero attached hydrogens (tertiary/aromatic N) is 2. The molecule has 5 heteroatoms. The van der Waals surface area contributed by atoms with Crippen LogP contribution in [-0.4, -0.2) is 16.2 Å². The normalized spacial score (nSPS) is 10.9. The van der Waals surface area contributed by atoms with Crippen molar-refractivity contribution in [2.75, 3.05) is 11.9 Å². The van der Waals surface area contributed by atoms with Crippen molar-refractivity contribution in [3.8, 4) is 5.75 Å². The summed E-state index contributed by atoms with van der Waals surface area (Å²) >= 11 is 0. The molecule has 4 rings (SSSR count). The van der Waals surface area contributed by atoms with Crippen molar-refractivity contribution in [2.45, 2.75) is 13.1 Å². The molecule has 0 radical (unpaired) electrons. The monoisotopic (exact) mass is 361 g/mol. The molecule has 0 fully saturated rings. The maximum Gasteiger partial charge on any atom is 0.129 e. The number of benzene rings is 3. The molecule has 1 heterocycles. The van der Waals surface area contributed by atoms with Gasteiger partial charge in [0, 0.05) is 5.69 Å². The van der Waals surface area contributed by atoms with Gasteiger partial charge in [0.15, 0.2) is 0 Å². The molecular weight excluding hydrogens is 341 g/mol. The largest absolute Gasteiger partial charge is 0.492 e. The molecule has 0 unspecified atom stereocenters. The van der Waals surface area contributed by atoms with E-state index in [0.29, 0.717) is 19.7 Å². The number of hydrogen-bond acceptors (Lipinski definition) is 3. The van der Waals surface area contributed by atoms with E-state index in [4.69, 9.17) is 9.72 Å². The highest BCUT2D eigenvalue weighted by atomic mass is 19.1. The molecule has 0 aliphatic carbocycles. The highest BCUT2D eigenvalue weighted by Crippen LogP contribution is 2.18. The second-order valence-electron chi connectivity index (χ2n) is 6.19. The predicted octanol–water partition coefficient (Wildman–Crippen LogP) is 4.87. The number of hydrogen-bond donors (Lipinski definition) is 1. The summed E-state index contributed by atoms with van der Waals surface area (Å²) in [6.45, 7) is 1.79. The highest BCUT2D eigenvalue weighted by molar-refractivity contribution is 5.76. The number of ether oxygens (including phenoxy) is 1. The van der Waals surface area contributed by atoms with Gasteiger partial charge in [-0.05, 0) is 48.5 Å². The average Bonchev–Trinajstić information content (AvgIpc) is 3.06. The minimum atomic E-state index is -0.245. The van der Waals surface area contributed by atoms with Crippen LogP contribution in [0.2, 0.25) is 0 Å². The molecule has 1 N–H and O–H groups in total. The molecule has 3 aromatic carbocycles. The van der Waals surface area contributed by atoms with Crippen LogP contribution in [0.4, 0.5) is 10.1 Å². The van der Waals surface area contributed by atoms with Crippen molar-refractivity contribution >= 4 is 16.7 Å². The van der Waals surface area contributed by atoms with Gasteiger partial charge in [-0.1, -0.05) is 30.3 Å². The van der Waals surface area contributed by atoms with E-state index in [1.165, 1.54) is 12.1 Å². The molecule has 0 bridgehead atoms. The molecule has 27 heavy (non-hydrogen) atoms. The Balaban J connectivity index is 1.50. The average molecular weight is 361 g/mol. The van der Waals surface area contributed by atoms with Crippen LogP contribution in [-0.2, 0) is 13.1 Å². The van der Waals surface area contributed by atoms with E-state index in [9.17, 15) is 4.39 Å². The Bertz CT molecular complexity index is 1010. The number of anilines is 1. The molecule has 1 aromatic heterocycles. The summed E-state index contributed by atoms with van der Waals surface area (Å²) < 4.78 is 21.1. The maximum atomic E-state index is 13.1. The van der Waals surface area contributed by atoms with Crippen LogP contribution in [0.25, 0.3) is 11.0 Å².